The standard InChI is InChI=1S/C11H12BrN7/c1-18-11-8(9(12)17-18)10(14-7-15-11)13-4-6-19-5-2-3-16-19/h2-3,5,7H,4,6H2,1H3,(H,13,14,15). The molecule has 1 N–H and O–H groups in total. The number of aryl methyl sites for hydroxylation is 1. The molecule has 0 aliphatic rings. The van der Waals surface area contributed by atoms with Crippen LogP contribution in [0.25, 0.3) is 11.0 Å². The molecule has 3 rings (SSSR count). The van der Waals surface area contributed by atoms with Crippen LogP contribution in [0, 0.1) is 0 Å². The average molecular weight is 322 g/mol. The second-order valence-electron chi connectivity index (χ2n) is 4.03. The minimum atomic E-state index is 0.731. The fourth-order valence-electron chi connectivity index (χ4n) is 1.90. The minimum Gasteiger partial charge on any atom is -0.367 e. The summed E-state index contributed by atoms with van der Waals surface area (Å²) in [5.74, 6) is 0.775. The first kappa shape index (κ1) is 12.1. The van der Waals surface area contributed by atoms with Gasteiger partial charge in [-0.25, -0.2) is 14.6 Å². The lowest BCUT2D eigenvalue weighted by Crippen LogP contribution is -2.12. The van der Waals surface area contributed by atoms with Gasteiger partial charge in [-0.2, -0.15) is 10.2 Å². The molecule has 0 amide bonds. The maximum Gasteiger partial charge on any atom is 0.164 e. The quantitative estimate of drug-likeness (QED) is 0.787. The van der Waals surface area contributed by atoms with Crippen LogP contribution in [0.2, 0.25) is 0 Å². The molecule has 19 heavy (non-hydrogen) atoms. The molecule has 98 valence electrons. The van der Waals surface area contributed by atoms with E-state index in [4.69, 9.17) is 0 Å². The van der Waals surface area contributed by atoms with Crippen molar-refractivity contribution in [2.45, 2.75) is 6.54 Å². The molecule has 8 heteroatoms. The molecule has 0 unspecified atom stereocenters. The molecule has 0 fully saturated rings. The van der Waals surface area contributed by atoms with E-state index in [2.05, 4.69) is 41.4 Å². The number of rotatable bonds is 4. The van der Waals surface area contributed by atoms with Gasteiger partial charge in [-0.15, -0.1) is 0 Å². The van der Waals surface area contributed by atoms with Gasteiger partial charge in [-0.1, -0.05) is 0 Å². The van der Waals surface area contributed by atoms with Gasteiger partial charge in [-0.3, -0.25) is 4.68 Å². The summed E-state index contributed by atoms with van der Waals surface area (Å²) in [6, 6.07) is 1.90. The van der Waals surface area contributed by atoms with Gasteiger partial charge in [0.2, 0.25) is 0 Å². The van der Waals surface area contributed by atoms with Crippen molar-refractivity contribution in [3.63, 3.8) is 0 Å². The van der Waals surface area contributed by atoms with Crippen molar-refractivity contribution in [1.82, 2.24) is 29.5 Å². The Morgan fingerprint density at radius 3 is 3.05 bits per heavy atom. The lowest BCUT2D eigenvalue weighted by atomic mass is 10.4. The van der Waals surface area contributed by atoms with Crippen molar-refractivity contribution in [3.8, 4) is 0 Å². The van der Waals surface area contributed by atoms with E-state index in [1.807, 2.05) is 24.0 Å². The van der Waals surface area contributed by atoms with E-state index in [1.54, 1.807) is 10.9 Å². The maximum absolute atomic E-state index is 4.28. The molecule has 3 aromatic heterocycles. The van der Waals surface area contributed by atoms with E-state index in [1.165, 1.54) is 6.33 Å². The molecule has 0 bridgehead atoms. The predicted octanol–water partition coefficient (Wildman–Crippen LogP) is 1.43. The fourth-order valence-corrected chi connectivity index (χ4v) is 2.50. The summed E-state index contributed by atoms with van der Waals surface area (Å²) < 4.78 is 4.33. The number of nitrogens with zero attached hydrogens (tertiary/aromatic N) is 6. The van der Waals surface area contributed by atoms with Gasteiger partial charge in [0.15, 0.2) is 5.65 Å². The van der Waals surface area contributed by atoms with Gasteiger partial charge in [0, 0.05) is 26.0 Å². The molecule has 0 saturated carbocycles. The number of anilines is 1. The Labute approximate surface area is 117 Å². The highest BCUT2D eigenvalue weighted by Crippen LogP contribution is 2.26. The molecular formula is C11H12BrN7. The van der Waals surface area contributed by atoms with E-state index >= 15 is 0 Å². The Kier molecular flexibility index (Phi) is 3.16. The van der Waals surface area contributed by atoms with Crippen LogP contribution in [0.15, 0.2) is 29.4 Å². The summed E-state index contributed by atoms with van der Waals surface area (Å²) in [7, 11) is 1.85. The number of aromatic nitrogens is 6. The molecule has 0 saturated heterocycles. The molecule has 0 aromatic carbocycles. The first-order chi connectivity index (χ1) is 9.25. The zero-order chi connectivity index (χ0) is 13.2. The van der Waals surface area contributed by atoms with Gasteiger partial charge in [-0.05, 0) is 22.0 Å². The Bertz CT molecular complexity index is 688. The average Bonchev–Trinajstić information content (AvgIpc) is 3.00. The molecule has 0 aliphatic heterocycles. The predicted molar refractivity (Wildman–Crippen MR) is 74.7 cm³/mol. The summed E-state index contributed by atoms with van der Waals surface area (Å²) >= 11 is 3.43. The monoisotopic (exact) mass is 321 g/mol. The highest BCUT2D eigenvalue weighted by molar-refractivity contribution is 9.10. The summed E-state index contributed by atoms with van der Waals surface area (Å²) in [5, 5.41) is 12.6. The van der Waals surface area contributed by atoms with Crippen molar-refractivity contribution >= 4 is 32.8 Å². The molecule has 3 heterocycles. The van der Waals surface area contributed by atoms with Crippen molar-refractivity contribution in [1.29, 1.82) is 0 Å². The molecule has 3 aromatic rings. The van der Waals surface area contributed by atoms with Crippen LogP contribution in [0.4, 0.5) is 5.82 Å². The first-order valence-electron chi connectivity index (χ1n) is 5.80. The first-order valence-corrected chi connectivity index (χ1v) is 6.59. The Balaban J connectivity index is 1.81. The van der Waals surface area contributed by atoms with Crippen molar-refractivity contribution < 1.29 is 0 Å². The Hall–Kier alpha value is -1.96. The molecular weight excluding hydrogens is 310 g/mol. The Morgan fingerprint density at radius 2 is 2.26 bits per heavy atom. The minimum absolute atomic E-state index is 0.731. The summed E-state index contributed by atoms with van der Waals surface area (Å²) in [6.45, 7) is 1.51. The summed E-state index contributed by atoms with van der Waals surface area (Å²) in [5.41, 5.74) is 0.795. The van der Waals surface area contributed by atoms with E-state index in [9.17, 15) is 0 Å². The van der Waals surface area contributed by atoms with Gasteiger partial charge in [0.1, 0.15) is 16.7 Å². The largest absolute Gasteiger partial charge is 0.367 e. The zero-order valence-corrected chi connectivity index (χ0v) is 11.9. The fraction of sp³-hybridized carbons (Fsp3) is 0.273. The maximum atomic E-state index is 4.28. The number of nitrogens with one attached hydrogen (secondary N) is 1. The SMILES string of the molecule is Cn1nc(Br)c2c(NCCn3cccn3)ncnc21. The second kappa shape index (κ2) is 4.96. The summed E-state index contributed by atoms with van der Waals surface area (Å²) in [6.07, 6.45) is 5.23. The van der Waals surface area contributed by atoms with Gasteiger partial charge >= 0.3 is 0 Å². The third kappa shape index (κ3) is 2.30. The lowest BCUT2D eigenvalue weighted by molar-refractivity contribution is 0.637. The van der Waals surface area contributed by atoms with Crippen molar-refractivity contribution in [2.24, 2.45) is 7.05 Å². The second-order valence-corrected chi connectivity index (χ2v) is 4.78. The highest BCUT2D eigenvalue weighted by Gasteiger charge is 2.12. The highest BCUT2D eigenvalue weighted by atomic mass is 79.9. The number of fused-ring (bicyclic) bond motifs is 1. The number of halogens is 1. The van der Waals surface area contributed by atoms with Crippen LogP contribution >= 0.6 is 15.9 Å². The third-order valence-corrected chi connectivity index (χ3v) is 3.33. The van der Waals surface area contributed by atoms with Crippen LogP contribution in [0.5, 0.6) is 0 Å². The van der Waals surface area contributed by atoms with Crippen molar-refractivity contribution in [2.75, 3.05) is 11.9 Å². The molecule has 0 spiro atoms. The van der Waals surface area contributed by atoms with E-state index in [0.717, 1.165) is 34.5 Å². The Morgan fingerprint density at radius 1 is 1.37 bits per heavy atom. The van der Waals surface area contributed by atoms with Crippen LogP contribution in [0.3, 0.4) is 0 Å². The van der Waals surface area contributed by atoms with Crippen LogP contribution < -0.4 is 5.32 Å². The van der Waals surface area contributed by atoms with Gasteiger partial charge in [0.05, 0.1) is 11.9 Å². The number of hydrogen-bond donors (Lipinski definition) is 1. The molecule has 7 nitrogen and oxygen atoms in total. The lowest BCUT2D eigenvalue weighted by Gasteiger charge is -2.06. The molecule has 0 aliphatic carbocycles. The van der Waals surface area contributed by atoms with E-state index in [-0.39, 0.29) is 0 Å². The smallest absolute Gasteiger partial charge is 0.164 e. The van der Waals surface area contributed by atoms with Crippen LogP contribution in [-0.2, 0) is 13.6 Å². The molecule has 0 atom stereocenters. The van der Waals surface area contributed by atoms with E-state index in [0.29, 0.717) is 0 Å². The topological polar surface area (TPSA) is 73.5 Å². The third-order valence-electron chi connectivity index (χ3n) is 2.77. The van der Waals surface area contributed by atoms with Crippen LogP contribution in [-0.4, -0.2) is 36.1 Å². The zero-order valence-electron chi connectivity index (χ0n) is 10.3. The normalized spacial score (nSPS) is 11.1. The summed E-state index contributed by atoms with van der Waals surface area (Å²) in [4.78, 5) is 8.49. The van der Waals surface area contributed by atoms with Gasteiger partial charge in [0.25, 0.3) is 0 Å². The van der Waals surface area contributed by atoms with Gasteiger partial charge < -0.3 is 5.32 Å². The number of hydrogen-bond acceptors (Lipinski definition) is 5. The molecule has 0 radical (unpaired) electrons. The van der Waals surface area contributed by atoms with Crippen LogP contribution in [0.1, 0.15) is 0 Å². The van der Waals surface area contributed by atoms with E-state index < -0.39 is 0 Å². The van der Waals surface area contributed by atoms with Crippen molar-refractivity contribution in [3.05, 3.63) is 29.4 Å².